The van der Waals surface area contributed by atoms with E-state index in [0.717, 1.165) is 42.0 Å². The number of thiophene rings is 1. The summed E-state index contributed by atoms with van der Waals surface area (Å²) in [6.07, 6.45) is 7.20. The van der Waals surface area contributed by atoms with Crippen molar-refractivity contribution in [3.63, 3.8) is 0 Å². The number of rotatable bonds is 3. The van der Waals surface area contributed by atoms with Gasteiger partial charge in [0.25, 0.3) is 0 Å². The topological polar surface area (TPSA) is 59.7 Å². The molecule has 0 atom stereocenters. The van der Waals surface area contributed by atoms with E-state index in [1.54, 1.807) is 24.0 Å². The van der Waals surface area contributed by atoms with Crippen LogP contribution in [0.3, 0.4) is 0 Å². The molecule has 0 spiro atoms. The third-order valence-electron chi connectivity index (χ3n) is 4.94. The normalized spacial score (nSPS) is 15.6. The van der Waals surface area contributed by atoms with Gasteiger partial charge in [0.2, 0.25) is 0 Å². The van der Waals surface area contributed by atoms with E-state index in [2.05, 4.69) is 55.3 Å². The zero-order valence-electron chi connectivity index (χ0n) is 14.2. The molecule has 1 aliphatic rings. The van der Waals surface area contributed by atoms with Crippen LogP contribution >= 0.6 is 11.3 Å². The van der Waals surface area contributed by atoms with E-state index in [0.29, 0.717) is 6.04 Å². The molecular weight excluding hydrogens is 344 g/mol. The predicted molar refractivity (Wildman–Crippen MR) is 103 cm³/mol. The molecule has 0 radical (unpaired) electrons. The number of hydrogen-bond donors (Lipinski definition) is 0. The zero-order chi connectivity index (χ0) is 17.3. The molecule has 7 heteroatoms. The van der Waals surface area contributed by atoms with Gasteiger partial charge >= 0.3 is 0 Å². The van der Waals surface area contributed by atoms with Crippen LogP contribution in [0.1, 0.15) is 18.9 Å². The largest absolute Gasteiger partial charge is 0.356 e. The molecule has 130 valence electrons. The zero-order valence-corrected chi connectivity index (χ0v) is 15.0. The number of benzene rings is 1. The minimum atomic E-state index is 0.424. The molecule has 0 unspecified atom stereocenters. The lowest BCUT2D eigenvalue weighted by Gasteiger charge is -2.32. The summed E-state index contributed by atoms with van der Waals surface area (Å²) in [6, 6.07) is 13.1. The molecular formula is C19H18N6S. The lowest BCUT2D eigenvalue weighted by Crippen LogP contribution is -2.35. The average Bonchev–Trinajstić information content (AvgIpc) is 3.38. The summed E-state index contributed by atoms with van der Waals surface area (Å²) < 4.78 is 1.98. The van der Waals surface area contributed by atoms with E-state index >= 15 is 0 Å². The summed E-state index contributed by atoms with van der Waals surface area (Å²) in [5.74, 6) is 1.05. The Bertz CT molecular complexity index is 1000. The van der Waals surface area contributed by atoms with E-state index in [4.69, 9.17) is 0 Å². The van der Waals surface area contributed by atoms with E-state index in [-0.39, 0.29) is 0 Å². The summed E-state index contributed by atoms with van der Waals surface area (Å²) >= 11 is 1.73. The molecule has 3 aromatic heterocycles. The van der Waals surface area contributed by atoms with Crippen molar-refractivity contribution in [3.8, 4) is 10.4 Å². The Morgan fingerprint density at radius 3 is 2.62 bits per heavy atom. The van der Waals surface area contributed by atoms with Crippen LogP contribution in [0.2, 0.25) is 0 Å². The van der Waals surface area contributed by atoms with Crippen molar-refractivity contribution in [2.45, 2.75) is 18.9 Å². The molecule has 1 aromatic carbocycles. The van der Waals surface area contributed by atoms with Gasteiger partial charge in [0, 0.05) is 18.0 Å². The lowest BCUT2D eigenvalue weighted by molar-refractivity contribution is 0.365. The SMILES string of the molecule is c1ccc(-c2cc3c(N4CCC(n5cncn5)CC4)ncnc3s2)cc1. The minimum Gasteiger partial charge on any atom is -0.356 e. The van der Waals surface area contributed by atoms with E-state index < -0.39 is 0 Å². The Kier molecular flexibility index (Phi) is 3.86. The lowest BCUT2D eigenvalue weighted by atomic mass is 10.1. The van der Waals surface area contributed by atoms with Crippen molar-refractivity contribution >= 4 is 27.4 Å². The van der Waals surface area contributed by atoms with Crippen LogP contribution in [-0.4, -0.2) is 37.8 Å². The molecule has 0 amide bonds. The van der Waals surface area contributed by atoms with Crippen LogP contribution in [0.4, 0.5) is 5.82 Å². The van der Waals surface area contributed by atoms with Crippen LogP contribution < -0.4 is 4.90 Å². The Labute approximate surface area is 155 Å². The van der Waals surface area contributed by atoms with Gasteiger partial charge in [-0.2, -0.15) is 5.10 Å². The highest BCUT2D eigenvalue weighted by molar-refractivity contribution is 7.21. The van der Waals surface area contributed by atoms with Crippen LogP contribution in [-0.2, 0) is 0 Å². The summed E-state index contributed by atoms with van der Waals surface area (Å²) in [4.78, 5) is 17.8. The van der Waals surface area contributed by atoms with Crippen molar-refractivity contribution in [1.29, 1.82) is 0 Å². The number of aromatic nitrogens is 5. The highest BCUT2D eigenvalue weighted by atomic mass is 32.1. The Hall–Kier alpha value is -2.80. The molecule has 1 fully saturated rings. The van der Waals surface area contributed by atoms with Crippen molar-refractivity contribution in [2.24, 2.45) is 0 Å². The molecule has 0 bridgehead atoms. The fourth-order valence-electron chi connectivity index (χ4n) is 3.59. The van der Waals surface area contributed by atoms with Crippen LogP contribution in [0.25, 0.3) is 20.7 Å². The summed E-state index contributed by atoms with van der Waals surface area (Å²) in [7, 11) is 0. The van der Waals surface area contributed by atoms with Gasteiger partial charge in [-0.1, -0.05) is 30.3 Å². The molecule has 0 aliphatic carbocycles. The maximum absolute atomic E-state index is 4.61. The monoisotopic (exact) mass is 362 g/mol. The third-order valence-corrected chi connectivity index (χ3v) is 6.03. The fraction of sp³-hybridized carbons (Fsp3) is 0.263. The smallest absolute Gasteiger partial charge is 0.140 e. The molecule has 1 saturated heterocycles. The molecule has 5 rings (SSSR count). The number of fused-ring (bicyclic) bond motifs is 1. The summed E-state index contributed by atoms with van der Waals surface area (Å²) in [5, 5.41) is 5.44. The predicted octanol–water partition coefficient (Wildman–Crippen LogP) is 3.79. The maximum atomic E-state index is 4.61. The van der Waals surface area contributed by atoms with E-state index in [1.807, 2.05) is 17.1 Å². The van der Waals surface area contributed by atoms with E-state index in [1.165, 1.54) is 10.4 Å². The highest BCUT2D eigenvalue weighted by Gasteiger charge is 2.23. The first-order valence-corrected chi connectivity index (χ1v) is 9.59. The third kappa shape index (κ3) is 2.74. The van der Waals surface area contributed by atoms with Crippen LogP contribution in [0.15, 0.2) is 55.4 Å². The first-order chi connectivity index (χ1) is 12.9. The van der Waals surface area contributed by atoms with Crippen molar-refractivity contribution in [3.05, 3.63) is 55.4 Å². The van der Waals surface area contributed by atoms with Crippen LogP contribution in [0, 0.1) is 0 Å². The summed E-state index contributed by atoms with van der Waals surface area (Å²) in [5.41, 5.74) is 1.23. The minimum absolute atomic E-state index is 0.424. The van der Waals surface area contributed by atoms with Gasteiger partial charge in [-0.15, -0.1) is 11.3 Å². The first kappa shape index (κ1) is 15.5. The molecule has 0 saturated carbocycles. The average molecular weight is 362 g/mol. The molecule has 6 nitrogen and oxygen atoms in total. The van der Waals surface area contributed by atoms with Gasteiger partial charge in [-0.05, 0) is 24.5 Å². The van der Waals surface area contributed by atoms with Crippen molar-refractivity contribution in [1.82, 2.24) is 24.7 Å². The fourth-order valence-corrected chi connectivity index (χ4v) is 4.59. The molecule has 0 N–H and O–H groups in total. The van der Waals surface area contributed by atoms with E-state index in [9.17, 15) is 0 Å². The number of nitrogens with zero attached hydrogens (tertiary/aromatic N) is 6. The quantitative estimate of drug-likeness (QED) is 0.555. The highest BCUT2D eigenvalue weighted by Crippen LogP contribution is 2.37. The second kappa shape index (κ2) is 6.49. The standard InChI is InChI=1S/C19H18N6S/c1-2-4-14(5-3-1)17-10-16-18(21-12-22-19(16)26-17)24-8-6-15(7-9-24)25-13-20-11-23-25/h1-5,10-13,15H,6-9H2. The Morgan fingerprint density at radius 1 is 1.00 bits per heavy atom. The Balaban J connectivity index is 1.43. The number of anilines is 1. The van der Waals surface area contributed by atoms with Gasteiger partial charge in [-0.3, -0.25) is 0 Å². The molecule has 1 aliphatic heterocycles. The van der Waals surface area contributed by atoms with Gasteiger partial charge < -0.3 is 4.90 Å². The second-order valence-corrected chi connectivity index (χ2v) is 7.52. The van der Waals surface area contributed by atoms with Gasteiger partial charge in [0.05, 0.1) is 11.4 Å². The van der Waals surface area contributed by atoms with Crippen molar-refractivity contribution < 1.29 is 0 Å². The first-order valence-electron chi connectivity index (χ1n) is 8.77. The second-order valence-electron chi connectivity index (χ2n) is 6.49. The molecule has 4 aromatic rings. The Morgan fingerprint density at radius 2 is 1.85 bits per heavy atom. The number of hydrogen-bond acceptors (Lipinski definition) is 6. The maximum Gasteiger partial charge on any atom is 0.140 e. The molecule has 4 heterocycles. The number of piperidine rings is 1. The van der Waals surface area contributed by atoms with Gasteiger partial charge in [-0.25, -0.2) is 19.6 Å². The van der Waals surface area contributed by atoms with Crippen molar-refractivity contribution in [2.75, 3.05) is 18.0 Å². The van der Waals surface area contributed by atoms with Crippen LogP contribution in [0.5, 0.6) is 0 Å². The molecule has 26 heavy (non-hydrogen) atoms. The van der Waals surface area contributed by atoms with Gasteiger partial charge in [0.15, 0.2) is 0 Å². The summed E-state index contributed by atoms with van der Waals surface area (Å²) in [6.45, 7) is 1.93. The van der Waals surface area contributed by atoms with Gasteiger partial charge in [0.1, 0.15) is 29.6 Å².